The van der Waals surface area contributed by atoms with Gasteiger partial charge in [-0.2, -0.15) is 0 Å². The van der Waals surface area contributed by atoms with Gasteiger partial charge < -0.3 is 9.52 Å². The predicted octanol–water partition coefficient (Wildman–Crippen LogP) is 3.50. The standard InChI is InChI=1S/C16H18BrNO3/c17-13-4-12(14(19)21-15(13)20)8-18-16-5-9-1-10(6-16)3-11(2-9)7-16/h4,8-11,20H,1-3,5-7H2. The first-order chi connectivity index (χ1) is 10.0. The lowest BCUT2D eigenvalue weighted by atomic mass is 9.53. The summed E-state index contributed by atoms with van der Waals surface area (Å²) in [6.45, 7) is 0. The molecular formula is C16H18BrNO3. The van der Waals surface area contributed by atoms with E-state index in [1.165, 1.54) is 38.5 Å². The average Bonchev–Trinajstić information content (AvgIpc) is 2.40. The van der Waals surface area contributed by atoms with Gasteiger partial charge >= 0.3 is 5.63 Å². The Labute approximate surface area is 131 Å². The third-order valence-corrected chi connectivity index (χ3v) is 5.96. The summed E-state index contributed by atoms with van der Waals surface area (Å²) in [7, 11) is 0. The van der Waals surface area contributed by atoms with E-state index in [0.29, 0.717) is 10.0 Å². The molecule has 21 heavy (non-hydrogen) atoms. The van der Waals surface area contributed by atoms with Gasteiger partial charge in [-0.25, -0.2) is 4.79 Å². The van der Waals surface area contributed by atoms with Crippen LogP contribution in [0.2, 0.25) is 0 Å². The van der Waals surface area contributed by atoms with Crippen molar-refractivity contribution >= 4 is 22.1 Å². The van der Waals surface area contributed by atoms with Crippen molar-refractivity contribution in [2.45, 2.75) is 44.1 Å². The number of aliphatic imine (C=N–C) groups is 1. The van der Waals surface area contributed by atoms with Crippen LogP contribution in [0.3, 0.4) is 0 Å². The number of aromatic hydroxyl groups is 1. The molecule has 0 aromatic carbocycles. The molecule has 0 atom stereocenters. The second-order valence-corrected chi connectivity index (χ2v) is 7.90. The van der Waals surface area contributed by atoms with Crippen LogP contribution in [0.1, 0.15) is 44.1 Å². The van der Waals surface area contributed by atoms with Gasteiger partial charge in [0, 0.05) is 6.21 Å². The van der Waals surface area contributed by atoms with Crippen LogP contribution in [-0.2, 0) is 0 Å². The summed E-state index contributed by atoms with van der Waals surface area (Å²) in [6.07, 6.45) is 9.29. The topological polar surface area (TPSA) is 62.8 Å². The van der Waals surface area contributed by atoms with Gasteiger partial charge in [-0.1, -0.05) is 0 Å². The lowest BCUT2D eigenvalue weighted by Gasteiger charge is -2.54. The quantitative estimate of drug-likeness (QED) is 0.829. The highest BCUT2D eigenvalue weighted by molar-refractivity contribution is 9.10. The fourth-order valence-electron chi connectivity index (χ4n) is 4.97. The summed E-state index contributed by atoms with van der Waals surface area (Å²) in [4.78, 5) is 16.6. The zero-order valence-electron chi connectivity index (χ0n) is 11.7. The molecular weight excluding hydrogens is 334 g/mol. The number of hydrogen-bond acceptors (Lipinski definition) is 4. The molecule has 5 rings (SSSR count). The molecule has 0 spiro atoms. The zero-order valence-corrected chi connectivity index (χ0v) is 13.3. The first-order valence-electron chi connectivity index (χ1n) is 7.61. The zero-order chi connectivity index (χ0) is 14.6. The molecule has 1 aromatic heterocycles. The molecule has 4 aliphatic rings. The molecule has 1 heterocycles. The molecule has 0 aliphatic heterocycles. The second kappa shape index (κ2) is 4.70. The van der Waals surface area contributed by atoms with Gasteiger partial charge in [0.05, 0.1) is 15.6 Å². The largest absolute Gasteiger partial charge is 0.480 e. The molecule has 112 valence electrons. The summed E-state index contributed by atoms with van der Waals surface area (Å²) in [5.41, 5.74) is -0.0921. The molecule has 4 fully saturated rings. The molecule has 0 radical (unpaired) electrons. The molecule has 4 bridgehead atoms. The molecule has 4 nitrogen and oxygen atoms in total. The second-order valence-electron chi connectivity index (χ2n) is 7.04. The number of hydrogen-bond donors (Lipinski definition) is 1. The van der Waals surface area contributed by atoms with E-state index < -0.39 is 5.63 Å². The number of halogens is 1. The Morgan fingerprint density at radius 2 is 1.81 bits per heavy atom. The maximum Gasteiger partial charge on any atom is 0.347 e. The van der Waals surface area contributed by atoms with Gasteiger partial charge in [0.2, 0.25) is 0 Å². The summed E-state index contributed by atoms with van der Waals surface area (Å²) < 4.78 is 5.16. The van der Waals surface area contributed by atoms with E-state index in [1.54, 1.807) is 12.3 Å². The van der Waals surface area contributed by atoms with Crippen LogP contribution in [0.15, 0.2) is 24.7 Å². The highest BCUT2D eigenvalue weighted by Crippen LogP contribution is 2.57. The van der Waals surface area contributed by atoms with Gasteiger partial charge in [-0.3, -0.25) is 4.99 Å². The Balaban J connectivity index is 1.64. The maximum absolute atomic E-state index is 11.8. The van der Waals surface area contributed by atoms with Crippen molar-refractivity contribution in [2.75, 3.05) is 0 Å². The first kappa shape index (κ1) is 13.6. The summed E-state index contributed by atoms with van der Waals surface area (Å²) in [5, 5.41) is 9.36. The van der Waals surface area contributed by atoms with E-state index in [-0.39, 0.29) is 11.5 Å². The lowest BCUT2D eigenvalue weighted by Crippen LogP contribution is -2.49. The summed E-state index contributed by atoms with van der Waals surface area (Å²) in [6, 6.07) is 1.57. The van der Waals surface area contributed by atoms with Crippen LogP contribution in [0.5, 0.6) is 5.95 Å². The van der Waals surface area contributed by atoms with Crippen LogP contribution in [0.25, 0.3) is 0 Å². The minimum atomic E-state index is -0.538. The van der Waals surface area contributed by atoms with Crippen LogP contribution < -0.4 is 5.63 Å². The van der Waals surface area contributed by atoms with Gasteiger partial charge in [0.25, 0.3) is 5.95 Å². The van der Waals surface area contributed by atoms with Crippen LogP contribution in [0.4, 0.5) is 0 Å². The van der Waals surface area contributed by atoms with E-state index in [9.17, 15) is 9.90 Å². The highest BCUT2D eigenvalue weighted by atomic mass is 79.9. The maximum atomic E-state index is 11.8. The van der Waals surface area contributed by atoms with Gasteiger partial charge in [0.1, 0.15) is 0 Å². The van der Waals surface area contributed by atoms with Crippen LogP contribution in [-0.4, -0.2) is 16.9 Å². The van der Waals surface area contributed by atoms with Crippen molar-refractivity contribution in [3.05, 3.63) is 26.5 Å². The molecule has 0 amide bonds. The molecule has 4 saturated carbocycles. The Morgan fingerprint density at radius 1 is 1.24 bits per heavy atom. The minimum Gasteiger partial charge on any atom is -0.480 e. The van der Waals surface area contributed by atoms with Crippen molar-refractivity contribution in [1.29, 1.82) is 0 Å². The Hall–Kier alpha value is -1.10. The molecule has 0 unspecified atom stereocenters. The monoisotopic (exact) mass is 351 g/mol. The van der Waals surface area contributed by atoms with Crippen molar-refractivity contribution in [1.82, 2.24) is 0 Å². The van der Waals surface area contributed by atoms with E-state index in [2.05, 4.69) is 15.9 Å². The van der Waals surface area contributed by atoms with Crippen molar-refractivity contribution < 1.29 is 9.52 Å². The van der Waals surface area contributed by atoms with E-state index in [4.69, 9.17) is 9.41 Å². The molecule has 1 aromatic rings. The fourth-order valence-corrected chi connectivity index (χ4v) is 5.30. The van der Waals surface area contributed by atoms with E-state index >= 15 is 0 Å². The molecule has 4 aliphatic carbocycles. The first-order valence-corrected chi connectivity index (χ1v) is 8.40. The minimum absolute atomic E-state index is 0.0472. The van der Waals surface area contributed by atoms with E-state index in [0.717, 1.165) is 17.8 Å². The Morgan fingerprint density at radius 3 is 2.38 bits per heavy atom. The van der Waals surface area contributed by atoms with Gasteiger partial charge in [-0.05, 0) is 78.3 Å². The number of rotatable bonds is 2. The van der Waals surface area contributed by atoms with Crippen LogP contribution >= 0.6 is 15.9 Å². The number of nitrogens with zero attached hydrogens (tertiary/aromatic N) is 1. The lowest BCUT2D eigenvalue weighted by molar-refractivity contribution is 0.00194. The molecule has 1 N–H and O–H groups in total. The van der Waals surface area contributed by atoms with Crippen molar-refractivity contribution in [3.63, 3.8) is 0 Å². The highest BCUT2D eigenvalue weighted by Gasteiger charge is 2.50. The normalized spacial score (nSPS) is 37.5. The molecule has 0 saturated heterocycles. The Bertz CT molecular complexity index is 629. The third-order valence-electron chi connectivity index (χ3n) is 5.40. The van der Waals surface area contributed by atoms with Gasteiger partial charge in [0.15, 0.2) is 0 Å². The van der Waals surface area contributed by atoms with Crippen molar-refractivity contribution in [2.24, 2.45) is 22.7 Å². The Kier molecular flexibility index (Phi) is 3.03. The average molecular weight is 352 g/mol. The van der Waals surface area contributed by atoms with Crippen molar-refractivity contribution in [3.8, 4) is 5.95 Å². The fraction of sp³-hybridized carbons (Fsp3) is 0.625. The summed E-state index contributed by atoms with van der Waals surface area (Å²) in [5.74, 6) is 2.11. The SMILES string of the molecule is O=c1oc(O)c(Br)cc1C=NC12CC3CC(CC(C3)C1)C2. The molecule has 5 heteroatoms. The van der Waals surface area contributed by atoms with Gasteiger partial charge in [-0.15, -0.1) is 0 Å². The predicted molar refractivity (Wildman–Crippen MR) is 82.8 cm³/mol. The third kappa shape index (κ3) is 2.35. The smallest absolute Gasteiger partial charge is 0.347 e. The van der Waals surface area contributed by atoms with Crippen LogP contribution in [0, 0.1) is 17.8 Å². The van der Waals surface area contributed by atoms with E-state index in [1.807, 2.05) is 0 Å². The summed E-state index contributed by atoms with van der Waals surface area (Å²) >= 11 is 3.17.